The van der Waals surface area contributed by atoms with E-state index in [0.29, 0.717) is 25.3 Å². The standard InChI is InChI=1S/C20H24N6O2/c1-14-12-15(2)24-18(23-14)8-10-21-20(27)25-19-9-11-22-26(19)13-16-6-4-5-7-17(16)28-3/h4-7,9,11-12H,8,10,13H2,1-3H3,(H2,21,25,27). The van der Waals surface area contributed by atoms with E-state index in [9.17, 15) is 4.79 Å². The monoisotopic (exact) mass is 380 g/mol. The van der Waals surface area contributed by atoms with E-state index in [4.69, 9.17) is 4.74 Å². The minimum absolute atomic E-state index is 0.300. The second-order valence-corrected chi connectivity index (χ2v) is 6.38. The summed E-state index contributed by atoms with van der Waals surface area (Å²) >= 11 is 0. The van der Waals surface area contributed by atoms with Crippen LogP contribution in [0.25, 0.3) is 0 Å². The number of amides is 2. The summed E-state index contributed by atoms with van der Waals surface area (Å²) < 4.78 is 7.09. The first-order valence-corrected chi connectivity index (χ1v) is 9.05. The summed E-state index contributed by atoms with van der Waals surface area (Å²) in [5.74, 6) is 2.10. The SMILES string of the molecule is COc1ccccc1Cn1nccc1NC(=O)NCCc1nc(C)cc(C)n1. The Hall–Kier alpha value is -3.42. The van der Waals surface area contributed by atoms with Gasteiger partial charge in [-0.2, -0.15) is 5.10 Å². The minimum Gasteiger partial charge on any atom is -0.496 e. The molecule has 146 valence electrons. The van der Waals surface area contributed by atoms with Gasteiger partial charge in [0.15, 0.2) is 0 Å². The van der Waals surface area contributed by atoms with E-state index in [-0.39, 0.29) is 6.03 Å². The second kappa shape index (κ2) is 8.98. The fraction of sp³-hybridized carbons (Fsp3) is 0.300. The quantitative estimate of drug-likeness (QED) is 0.657. The zero-order valence-electron chi connectivity index (χ0n) is 16.3. The lowest BCUT2D eigenvalue weighted by atomic mass is 10.2. The molecule has 2 N–H and O–H groups in total. The van der Waals surface area contributed by atoms with Gasteiger partial charge in [-0.1, -0.05) is 18.2 Å². The Morgan fingerprint density at radius 1 is 1.14 bits per heavy atom. The summed E-state index contributed by atoms with van der Waals surface area (Å²) in [7, 11) is 1.63. The van der Waals surface area contributed by atoms with Crippen LogP contribution in [0.15, 0.2) is 42.6 Å². The molecule has 8 nitrogen and oxygen atoms in total. The Bertz CT molecular complexity index is 933. The highest BCUT2D eigenvalue weighted by atomic mass is 16.5. The van der Waals surface area contributed by atoms with Crippen molar-refractivity contribution in [3.8, 4) is 5.75 Å². The van der Waals surface area contributed by atoms with Crippen LogP contribution in [-0.4, -0.2) is 39.4 Å². The van der Waals surface area contributed by atoms with Crippen LogP contribution in [0.5, 0.6) is 5.75 Å². The van der Waals surface area contributed by atoms with E-state index >= 15 is 0 Å². The maximum atomic E-state index is 12.2. The largest absolute Gasteiger partial charge is 0.496 e. The highest BCUT2D eigenvalue weighted by Crippen LogP contribution is 2.20. The molecule has 3 aromatic rings. The van der Waals surface area contributed by atoms with Gasteiger partial charge in [-0.05, 0) is 26.0 Å². The molecule has 0 aliphatic carbocycles. The van der Waals surface area contributed by atoms with Crippen molar-refractivity contribution in [3.63, 3.8) is 0 Å². The number of carbonyl (C=O) groups is 1. The normalized spacial score (nSPS) is 10.5. The van der Waals surface area contributed by atoms with Crippen molar-refractivity contribution in [3.05, 3.63) is 65.4 Å². The molecular weight excluding hydrogens is 356 g/mol. The van der Waals surface area contributed by atoms with E-state index in [2.05, 4.69) is 25.7 Å². The lowest BCUT2D eigenvalue weighted by molar-refractivity contribution is 0.252. The molecule has 28 heavy (non-hydrogen) atoms. The first-order chi connectivity index (χ1) is 13.5. The molecule has 8 heteroatoms. The van der Waals surface area contributed by atoms with Crippen LogP contribution >= 0.6 is 0 Å². The molecule has 0 fully saturated rings. The Kier molecular flexibility index (Phi) is 6.21. The number of rotatable bonds is 7. The van der Waals surface area contributed by atoms with Gasteiger partial charge in [0, 0.05) is 36.0 Å². The molecule has 3 rings (SSSR count). The number of para-hydroxylation sites is 1. The number of carbonyl (C=O) groups excluding carboxylic acids is 1. The molecule has 0 unspecified atom stereocenters. The van der Waals surface area contributed by atoms with Gasteiger partial charge >= 0.3 is 6.03 Å². The Labute approximate surface area is 164 Å². The van der Waals surface area contributed by atoms with Gasteiger partial charge in [-0.3, -0.25) is 5.32 Å². The molecule has 1 aromatic carbocycles. The van der Waals surface area contributed by atoms with Gasteiger partial charge < -0.3 is 10.1 Å². The molecule has 2 aromatic heterocycles. The first-order valence-electron chi connectivity index (χ1n) is 9.05. The molecule has 0 aliphatic rings. The number of nitrogens with zero attached hydrogens (tertiary/aromatic N) is 4. The number of ether oxygens (including phenoxy) is 1. The van der Waals surface area contributed by atoms with Crippen LogP contribution < -0.4 is 15.4 Å². The number of urea groups is 1. The number of hydrogen-bond donors (Lipinski definition) is 2. The lowest BCUT2D eigenvalue weighted by Crippen LogP contribution is -2.31. The van der Waals surface area contributed by atoms with Gasteiger partial charge in [-0.15, -0.1) is 0 Å². The van der Waals surface area contributed by atoms with Gasteiger partial charge in [-0.25, -0.2) is 19.4 Å². The third-order valence-corrected chi connectivity index (χ3v) is 4.13. The number of hydrogen-bond acceptors (Lipinski definition) is 5. The average Bonchev–Trinajstić information content (AvgIpc) is 3.08. The number of methoxy groups -OCH3 is 1. The van der Waals surface area contributed by atoms with Crippen molar-refractivity contribution >= 4 is 11.8 Å². The minimum atomic E-state index is -0.300. The summed E-state index contributed by atoms with van der Waals surface area (Å²) in [6, 6.07) is 11.1. The van der Waals surface area contributed by atoms with Crippen molar-refractivity contribution in [2.45, 2.75) is 26.8 Å². The average molecular weight is 380 g/mol. The van der Waals surface area contributed by atoms with E-state index in [0.717, 1.165) is 28.5 Å². The summed E-state index contributed by atoms with van der Waals surface area (Å²) in [6.45, 7) is 4.79. The van der Waals surface area contributed by atoms with Gasteiger partial charge in [0.05, 0.1) is 19.9 Å². The Morgan fingerprint density at radius 3 is 2.64 bits per heavy atom. The maximum Gasteiger partial charge on any atom is 0.320 e. The van der Waals surface area contributed by atoms with Crippen molar-refractivity contribution in [2.75, 3.05) is 19.0 Å². The van der Waals surface area contributed by atoms with Crippen LogP contribution in [0.4, 0.5) is 10.6 Å². The molecule has 0 aliphatic heterocycles. The smallest absolute Gasteiger partial charge is 0.320 e. The molecule has 0 bridgehead atoms. The fourth-order valence-corrected chi connectivity index (χ4v) is 2.92. The summed E-state index contributed by atoms with van der Waals surface area (Å²) in [5, 5.41) is 9.94. The van der Waals surface area contributed by atoms with E-state index < -0.39 is 0 Å². The first kappa shape index (κ1) is 19.3. The maximum absolute atomic E-state index is 12.2. The Morgan fingerprint density at radius 2 is 1.89 bits per heavy atom. The molecular formula is C20H24N6O2. The number of aryl methyl sites for hydroxylation is 2. The van der Waals surface area contributed by atoms with Crippen LogP contribution in [-0.2, 0) is 13.0 Å². The van der Waals surface area contributed by atoms with Gasteiger partial charge in [0.2, 0.25) is 0 Å². The van der Waals surface area contributed by atoms with Crippen LogP contribution in [0.3, 0.4) is 0 Å². The zero-order chi connectivity index (χ0) is 19.9. The van der Waals surface area contributed by atoms with Crippen LogP contribution in [0.1, 0.15) is 22.8 Å². The predicted molar refractivity (Wildman–Crippen MR) is 107 cm³/mol. The molecule has 0 atom stereocenters. The number of anilines is 1. The van der Waals surface area contributed by atoms with Crippen molar-refractivity contribution in [2.24, 2.45) is 0 Å². The second-order valence-electron chi connectivity index (χ2n) is 6.38. The van der Waals surface area contributed by atoms with E-state index in [1.165, 1.54) is 0 Å². The van der Waals surface area contributed by atoms with Crippen LogP contribution in [0.2, 0.25) is 0 Å². The highest BCUT2D eigenvalue weighted by Gasteiger charge is 2.10. The van der Waals surface area contributed by atoms with E-state index in [1.807, 2.05) is 44.2 Å². The highest BCUT2D eigenvalue weighted by molar-refractivity contribution is 5.88. The van der Waals surface area contributed by atoms with Crippen LogP contribution in [0, 0.1) is 13.8 Å². The van der Waals surface area contributed by atoms with Gasteiger partial charge in [0.1, 0.15) is 17.4 Å². The fourth-order valence-electron chi connectivity index (χ4n) is 2.92. The summed E-state index contributed by atoms with van der Waals surface area (Å²) in [4.78, 5) is 21.0. The Balaban J connectivity index is 1.55. The number of benzene rings is 1. The molecule has 0 saturated carbocycles. The molecule has 0 radical (unpaired) electrons. The van der Waals surface area contributed by atoms with Crippen molar-refractivity contribution in [1.29, 1.82) is 0 Å². The number of nitrogens with one attached hydrogen (secondary N) is 2. The van der Waals surface area contributed by atoms with E-state index in [1.54, 1.807) is 24.1 Å². The summed E-state index contributed by atoms with van der Waals surface area (Å²) in [5.41, 5.74) is 2.82. The third kappa shape index (κ3) is 5.06. The molecule has 2 heterocycles. The van der Waals surface area contributed by atoms with Gasteiger partial charge in [0.25, 0.3) is 0 Å². The summed E-state index contributed by atoms with van der Waals surface area (Å²) in [6.07, 6.45) is 2.21. The third-order valence-electron chi connectivity index (χ3n) is 4.13. The van der Waals surface area contributed by atoms with Crippen molar-refractivity contribution in [1.82, 2.24) is 25.1 Å². The topological polar surface area (TPSA) is 94.0 Å². The number of aromatic nitrogens is 4. The predicted octanol–water partition coefficient (Wildman–Crippen LogP) is 2.71. The lowest BCUT2D eigenvalue weighted by Gasteiger charge is -2.12. The van der Waals surface area contributed by atoms with Crippen molar-refractivity contribution < 1.29 is 9.53 Å². The zero-order valence-corrected chi connectivity index (χ0v) is 16.3. The molecule has 2 amide bonds. The molecule has 0 spiro atoms. The molecule has 0 saturated heterocycles.